The van der Waals surface area contributed by atoms with Gasteiger partial charge in [0.05, 0.1) is 17.9 Å². The van der Waals surface area contributed by atoms with Crippen molar-refractivity contribution in [2.75, 3.05) is 0 Å². The third kappa shape index (κ3) is 2.93. The maximum absolute atomic E-state index is 10.9. The monoisotopic (exact) mass is 243 g/mol. The van der Waals surface area contributed by atoms with E-state index in [1.54, 1.807) is 24.4 Å². The molecule has 0 spiro atoms. The van der Waals surface area contributed by atoms with E-state index in [-0.39, 0.29) is 12.2 Å². The van der Waals surface area contributed by atoms with E-state index in [1.807, 2.05) is 18.2 Å². The number of aliphatic hydroxyl groups is 1. The maximum Gasteiger partial charge on any atom is 0.335 e. The van der Waals surface area contributed by atoms with Crippen LogP contribution in [0.2, 0.25) is 0 Å². The highest BCUT2D eigenvalue weighted by molar-refractivity contribution is 5.87. The predicted molar refractivity (Wildman–Crippen MR) is 66.4 cm³/mol. The van der Waals surface area contributed by atoms with E-state index in [1.165, 1.54) is 0 Å². The summed E-state index contributed by atoms with van der Waals surface area (Å²) >= 11 is 0. The van der Waals surface area contributed by atoms with Gasteiger partial charge in [-0.15, -0.1) is 0 Å². The second kappa shape index (κ2) is 5.42. The molecule has 4 nitrogen and oxygen atoms in total. The largest absolute Gasteiger partial charge is 0.478 e. The lowest BCUT2D eigenvalue weighted by Gasteiger charge is -2.04. The molecular formula is C14H13NO3. The summed E-state index contributed by atoms with van der Waals surface area (Å²) in [5, 5.41) is 17.9. The molecule has 0 fully saturated rings. The van der Waals surface area contributed by atoms with Crippen LogP contribution in [0.1, 0.15) is 27.2 Å². The number of hydrogen-bond acceptors (Lipinski definition) is 3. The molecule has 0 amide bonds. The number of benzene rings is 1. The van der Waals surface area contributed by atoms with Crippen LogP contribution >= 0.6 is 0 Å². The number of nitrogens with zero attached hydrogens (tertiary/aromatic N) is 1. The van der Waals surface area contributed by atoms with E-state index in [0.717, 1.165) is 11.1 Å². The van der Waals surface area contributed by atoms with Crippen LogP contribution in [0, 0.1) is 0 Å². The van der Waals surface area contributed by atoms with Crippen molar-refractivity contribution in [1.82, 2.24) is 4.98 Å². The molecular weight excluding hydrogens is 230 g/mol. The van der Waals surface area contributed by atoms with Crippen molar-refractivity contribution in [3.8, 4) is 0 Å². The summed E-state index contributed by atoms with van der Waals surface area (Å²) in [5.41, 5.74) is 2.81. The molecule has 0 atom stereocenters. The van der Waals surface area contributed by atoms with E-state index >= 15 is 0 Å². The van der Waals surface area contributed by atoms with E-state index in [2.05, 4.69) is 4.98 Å². The minimum absolute atomic E-state index is 0.0942. The Labute approximate surface area is 105 Å². The molecule has 92 valence electrons. The van der Waals surface area contributed by atoms with Gasteiger partial charge in [-0.3, -0.25) is 4.98 Å². The van der Waals surface area contributed by atoms with Crippen LogP contribution in [0.5, 0.6) is 0 Å². The van der Waals surface area contributed by atoms with Gasteiger partial charge >= 0.3 is 5.97 Å². The summed E-state index contributed by atoms with van der Waals surface area (Å²) in [4.78, 5) is 14.9. The SMILES string of the molecule is O=C(O)c1cccc(Cc2ccnc(CO)c2)c1. The summed E-state index contributed by atoms with van der Waals surface area (Å²) in [6.07, 6.45) is 2.26. The summed E-state index contributed by atoms with van der Waals surface area (Å²) < 4.78 is 0. The second-order valence-corrected chi connectivity index (χ2v) is 4.00. The minimum Gasteiger partial charge on any atom is -0.478 e. The number of carboxylic acids is 1. The minimum atomic E-state index is -0.928. The number of aliphatic hydroxyl groups excluding tert-OH is 1. The first kappa shape index (κ1) is 12.3. The van der Waals surface area contributed by atoms with E-state index in [4.69, 9.17) is 10.2 Å². The molecule has 0 aliphatic rings. The fourth-order valence-corrected chi connectivity index (χ4v) is 1.77. The average Bonchev–Trinajstić information content (AvgIpc) is 2.39. The second-order valence-electron chi connectivity index (χ2n) is 4.00. The number of carboxylic acid groups (broad SMARTS) is 1. The van der Waals surface area contributed by atoms with Crippen LogP contribution in [-0.4, -0.2) is 21.2 Å². The number of aromatic carboxylic acids is 1. The highest BCUT2D eigenvalue weighted by Crippen LogP contribution is 2.12. The molecule has 1 aromatic heterocycles. The van der Waals surface area contributed by atoms with Gasteiger partial charge in [0.25, 0.3) is 0 Å². The molecule has 4 heteroatoms. The van der Waals surface area contributed by atoms with Crippen molar-refractivity contribution < 1.29 is 15.0 Å². The van der Waals surface area contributed by atoms with Crippen LogP contribution in [0.25, 0.3) is 0 Å². The Morgan fingerprint density at radius 2 is 1.94 bits per heavy atom. The fraction of sp³-hybridized carbons (Fsp3) is 0.143. The standard InChI is InChI=1S/C14H13NO3/c16-9-13-8-11(4-5-15-13)6-10-2-1-3-12(7-10)14(17)18/h1-5,7-8,16H,6,9H2,(H,17,18). The van der Waals surface area contributed by atoms with Gasteiger partial charge in [0.15, 0.2) is 0 Å². The van der Waals surface area contributed by atoms with Gasteiger partial charge < -0.3 is 10.2 Å². The quantitative estimate of drug-likeness (QED) is 0.859. The summed E-state index contributed by atoms with van der Waals surface area (Å²) in [6.45, 7) is -0.0942. The molecule has 0 unspecified atom stereocenters. The Morgan fingerprint density at radius 1 is 1.17 bits per heavy atom. The normalized spacial score (nSPS) is 10.3. The third-order valence-corrected chi connectivity index (χ3v) is 2.63. The molecule has 2 aromatic rings. The number of aromatic nitrogens is 1. The molecule has 0 bridgehead atoms. The van der Waals surface area contributed by atoms with Crippen LogP contribution in [0.15, 0.2) is 42.6 Å². The Morgan fingerprint density at radius 3 is 2.67 bits per heavy atom. The van der Waals surface area contributed by atoms with Crippen molar-refractivity contribution in [2.45, 2.75) is 13.0 Å². The Hall–Kier alpha value is -2.20. The summed E-state index contributed by atoms with van der Waals surface area (Å²) in [7, 11) is 0. The predicted octanol–water partition coefficient (Wildman–Crippen LogP) is 1.86. The van der Waals surface area contributed by atoms with Crippen LogP contribution in [0.4, 0.5) is 0 Å². The molecule has 2 N–H and O–H groups in total. The van der Waals surface area contributed by atoms with Gasteiger partial charge in [0.1, 0.15) is 0 Å². The van der Waals surface area contributed by atoms with Crippen molar-refractivity contribution >= 4 is 5.97 Å². The zero-order valence-electron chi connectivity index (χ0n) is 9.71. The molecule has 0 aliphatic heterocycles. The molecule has 0 radical (unpaired) electrons. The average molecular weight is 243 g/mol. The van der Waals surface area contributed by atoms with Gasteiger partial charge in [0, 0.05) is 6.20 Å². The van der Waals surface area contributed by atoms with Crippen LogP contribution < -0.4 is 0 Å². The molecule has 18 heavy (non-hydrogen) atoms. The van der Waals surface area contributed by atoms with Crippen molar-refractivity contribution in [3.05, 3.63) is 65.0 Å². The first-order chi connectivity index (χ1) is 8.69. The zero-order chi connectivity index (χ0) is 13.0. The van der Waals surface area contributed by atoms with Crippen LogP contribution in [0.3, 0.4) is 0 Å². The van der Waals surface area contributed by atoms with Gasteiger partial charge in [0.2, 0.25) is 0 Å². The lowest BCUT2D eigenvalue weighted by atomic mass is 10.0. The highest BCUT2D eigenvalue weighted by atomic mass is 16.4. The van der Waals surface area contributed by atoms with Gasteiger partial charge in [-0.1, -0.05) is 12.1 Å². The zero-order valence-corrected chi connectivity index (χ0v) is 9.71. The smallest absolute Gasteiger partial charge is 0.335 e. The molecule has 2 rings (SSSR count). The van der Waals surface area contributed by atoms with Gasteiger partial charge in [-0.05, 0) is 41.8 Å². The molecule has 0 saturated carbocycles. The Kier molecular flexibility index (Phi) is 3.69. The first-order valence-corrected chi connectivity index (χ1v) is 5.56. The Bertz CT molecular complexity index is 566. The Balaban J connectivity index is 2.22. The third-order valence-electron chi connectivity index (χ3n) is 2.63. The van der Waals surface area contributed by atoms with Crippen molar-refractivity contribution in [1.29, 1.82) is 0 Å². The lowest BCUT2D eigenvalue weighted by molar-refractivity contribution is 0.0697. The summed E-state index contributed by atoms with van der Waals surface area (Å²) in [5.74, 6) is -0.928. The van der Waals surface area contributed by atoms with Crippen molar-refractivity contribution in [2.24, 2.45) is 0 Å². The van der Waals surface area contributed by atoms with Crippen LogP contribution in [-0.2, 0) is 13.0 Å². The highest BCUT2D eigenvalue weighted by Gasteiger charge is 2.04. The number of pyridine rings is 1. The first-order valence-electron chi connectivity index (χ1n) is 5.56. The van der Waals surface area contributed by atoms with Gasteiger partial charge in [-0.25, -0.2) is 4.79 Å². The number of rotatable bonds is 4. The summed E-state index contributed by atoms with van der Waals surface area (Å²) in [6, 6.07) is 10.5. The molecule has 1 heterocycles. The number of carbonyl (C=O) groups is 1. The lowest BCUT2D eigenvalue weighted by Crippen LogP contribution is -1.98. The van der Waals surface area contributed by atoms with Gasteiger partial charge in [-0.2, -0.15) is 0 Å². The van der Waals surface area contributed by atoms with E-state index in [0.29, 0.717) is 12.1 Å². The molecule has 0 saturated heterocycles. The topological polar surface area (TPSA) is 70.4 Å². The van der Waals surface area contributed by atoms with Crippen molar-refractivity contribution in [3.63, 3.8) is 0 Å². The number of hydrogen-bond donors (Lipinski definition) is 2. The maximum atomic E-state index is 10.9. The fourth-order valence-electron chi connectivity index (χ4n) is 1.77. The molecule has 1 aromatic carbocycles. The van der Waals surface area contributed by atoms with E-state index in [9.17, 15) is 4.79 Å². The van der Waals surface area contributed by atoms with E-state index < -0.39 is 5.97 Å². The molecule has 0 aliphatic carbocycles.